The first-order chi connectivity index (χ1) is 8.18. The maximum absolute atomic E-state index is 11.6. The van der Waals surface area contributed by atoms with E-state index < -0.39 is 0 Å². The van der Waals surface area contributed by atoms with E-state index in [1.165, 1.54) is 12.3 Å². The number of hydrogen-bond acceptors (Lipinski definition) is 4. The van der Waals surface area contributed by atoms with Crippen LogP contribution in [0.1, 0.15) is 36.2 Å². The first-order valence-corrected chi connectivity index (χ1v) is 5.38. The predicted molar refractivity (Wildman–Crippen MR) is 60.3 cm³/mol. The summed E-state index contributed by atoms with van der Waals surface area (Å²) in [5.41, 5.74) is 0.271. The molecule has 6 heteroatoms. The molecule has 1 N–H and O–H groups in total. The molecular weight excluding hydrogens is 220 g/mol. The SMILES string of the molecule is CC(C)n1ccnc1CNC(=O)c1ccon1. The highest BCUT2D eigenvalue weighted by molar-refractivity contribution is 5.91. The van der Waals surface area contributed by atoms with Gasteiger partial charge in [0.25, 0.3) is 5.91 Å². The Kier molecular flexibility index (Phi) is 3.22. The molecule has 0 radical (unpaired) electrons. The summed E-state index contributed by atoms with van der Waals surface area (Å²) in [6, 6.07) is 1.83. The van der Waals surface area contributed by atoms with Crippen LogP contribution in [0.3, 0.4) is 0 Å². The Morgan fingerprint density at radius 3 is 3.06 bits per heavy atom. The number of nitrogens with one attached hydrogen (secondary N) is 1. The Hall–Kier alpha value is -2.11. The highest BCUT2D eigenvalue weighted by Crippen LogP contribution is 2.07. The zero-order valence-corrected chi connectivity index (χ0v) is 9.75. The van der Waals surface area contributed by atoms with E-state index in [0.717, 1.165) is 5.82 Å². The van der Waals surface area contributed by atoms with Crippen LogP contribution in [0.5, 0.6) is 0 Å². The summed E-state index contributed by atoms with van der Waals surface area (Å²) in [4.78, 5) is 15.8. The van der Waals surface area contributed by atoms with Crippen molar-refractivity contribution in [1.29, 1.82) is 0 Å². The van der Waals surface area contributed by atoms with E-state index in [2.05, 4.69) is 33.8 Å². The van der Waals surface area contributed by atoms with Gasteiger partial charge in [-0.25, -0.2) is 4.98 Å². The van der Waals surface area contributed by atoms with Crippen molar-refractivity contribution >= 4 is 5.91 Å². The Morgan fingerprint density at radius 1 is 1.59 bits per heavy atom. The van der Waals surface area contributed by atoms with Gasteiger partial charge in [-0.1, -0.05) is 5.16 Å². The molecule has 2 rings (SSSR count). The molecule has 0 atom stereocenters. The van der Waals surface area contributed by atoms with Crippen molar-refractivity contribution in [3.8, 4) is 0 Å². The van der Waals surface area contributed by atoms with Gasteiger partial charge in [0.05, 0.1) is 6.54 Å². The molecule has 0 saturated heterocycles. The van der Waals surface area contributed by atoms with Crippen molar-refractivity contribution in [2.24, 2.45) is 0 Å². The molecule has 0 fully saturated rings. The second kappa shape index (κ2) is 4.82. The standard InChI is InChI=1S/C11H14N4O2/c1-8(2)15-5-4-12-10(15)7-13-11(16)9-3-6-17-14-9/h3-6,8H,7H2,1-2H3,(H,13,16). The maximum atomic E-state index is 11.6. The van der Waals surface area contributed by atoms with Crippen LogP contribution in [0.25, 0.3) is 0 Å². The summed E-state index contributed by atoms with van der Waals surface area (Å²) in [6.07, 6.45) is 4.98. The lowest BCUT2D eigenvalue weighted by Gasteiger charge is -2.11. The summed E-state index contributed by atoms with van der Waals surface area (Å²) < 4.78 is 6.61. The van der Waals surface area contributed by atoms with Gasteiger partial charge in [0.2, 0.25) is 0 Å². The molecule has 0 aliphatic heterocycles. The number of amides is 1. The summed E-state index contributed by atoms with van der Waals surface area (Å²) in [5.74, 6) is 0.550. The van der Waals surface area contributed by atoms with Gasteiger partial charge in [-0.2, -0.15) is 0 Å². The van der Waals surface area contributed by atoms with Gasteiger partial charge in [0.1, 0.15) is 12.1 Å². The molecule has 0 aliphatic rings. The second-order valence-corrected chi connectivity index (χ2v) is 3.91. The summed E-state index contributed by atoms with van der Waals surface area (Å²) in [5, 5.41) is 6.30. The zero-order chi connectivity index (χ0) is 12.3. The molecular formula is C11H14N4O2. The second-order valence-electron chi connectivity index (χ2n) is 3.91. The van der Waals surface area contributed by atoms with E-state index in [1.54, 1.807) is 6.20 Å². The minimum atomic E-state index is -0.267. The number of hydrogen-bond donors (Lipinski definition) is 1. The fourth-order valence-electron chi connectivity index (χ4n) is 1.53. The van der Waals surface area contributed by atoms with Gasteiger partial charge in [-0.15, -0.1) is 0 Å². The molecule has 2 aromatic heterocycles. The van der Waals surface area contributed by atoms with Crippen molar-refractivity contribution in [3.05, 3.63) is 36.2 Å². The Balaban J connectivity index is 1.98. The van der Waals surface area contributed by atoms with Gasteiger partial charge in [0, 0.05) is 24.5 Å². The number of nitrogens with zero attached hydrogens (tertiary/aromatic N) is 3. The third-order valence-corrected chi connectivity index (χ3v) is 2.38. The van der Waals surface area contributed by atoms with Crippen molar-refractivity contribution in [2.45, 2.75) is 26.4 Å². The van der Waals surface area contributed by atoms with Crippen molar-refractivity contribution in [2.75, 3.05) is 0 Å². The van der Waals surface area contributed by atoms with Crippen LogP contribution < -0.4 is 5.32 Å². The van der Waals surface area contributed by atoms with E-state index >= 15 is 0 Å². The molecule has 90 valence electrons. The number of rotatable bonds is 4. The van der Waals surface area contributed by atoms with Crippen LogP contribution in [-0.4, -0.2) is 20.6 Å². The summed E-state index contributed by atoms with van der Waals surface area (Å²) >= 11 is 0. The number of carbonyl (C=O) groups excluding carboxylic acids is 1. The molecule has 2 aromatic rings. The van der Waals surface area contributed by atoms with Crippen molar-refractivity contribution in [3.63, 3.8) is 0 Å². The average molecular weight is 234 g/mol. The normalized spacial score (nSPS) is 10.8. The van der Waals surface area contributed by atoms with Gasteiger partial charge in [-0.3, -0.25) is 4.79 Å². The minimum absolute atomic E-state index is 0.267. The fraction of sp³-hybridized carbons (Fsp3) is 0.364. The Labute approximate surface area is 98.6 Å². The van der Waals surface area contributed by atoms with Crippen LogP contribution in [0.15, 0.2) is 29.2 Å². The highest BCUT2D eigenvalue weighted by atomic mass is 16.5. The van der Waals surface area contributed by atoms with Crippen LogP contribution in [0.4, 0.5) is 0 Å². The van der Waals surface area contributed by atoms with Crippen LogP contribution in [-0.2, 0) is 6.54 Å². The number of carbonyl (C=O) groups is 1. The monoisotopic (exact) mass is 234 g/mol. The van der Waals surface area contributed by atoms with Gasteiger partial charge >= 0.3 is 0 Å². The summed E-state index contributed by atoms with van der Waals surface area (Å²) in [7, 11) is 0. The Morgan fingerprint density at radius 2 is 2.41 bits per heavy atom. The van der Waals surface area contributed by atoms with E-state index in [0.29, 0.717) is 12.6 Å². The molecule has 0 aromatic carbocycles. The van der Waals surface area contributed by atoms with E-state index in [9.17, 15) is 4.79 Å². The highest BCUT2D eigenvalue weighted by Gasteiger charge is 2.11. The van der Waals surface area contributed by atoms with Crippen molar-refractivity contribution in [1.82, 2.24) is 20.0 Å². The minimum Gasteiger partial charge on any atom is -0.364 e. The van der Waals surface area contributed by atoms with E-state index in [4.69, 9.17) is 0 Å². The summed E-state index contributed by atoms with van der Waals surface area (Å²) in [6.45, 7) is 4.49. The van der Waals surface area contributed by atoms with Gasteiger partial charge in [-0.05, 0) is 13.8 Å². The van der Waals surface area contributed by atoms with Crippen LogP contribution in [0, 0.1) is 0 Å². The zero-order valence-electron chi connectivity index (χ0n) is 9.75. The molecule has 0 unspecified atom stereocenters. The maximum Gasteiger partial charge on any atom is 0.273 e. The van der Waals surface area contributed by atoms with Crippen LogP contribution >= 0.6 is 0 Å². The third-order valence-electron chi connectivity index (χ3n) is 2.38. The molecule has 0 spiro atoms. The molecule has 17 heavy (non-hydrogen) atoms. The fourth-order valence-corrected chi connectivity index (χ4v) is 1.53. The topological polar surface area (TPSA) is 73.0 Å². The van der Waals surface area contributed by atoms with E-state index in [1.807, 2.05) is 10.8 Å². The predicted octanol–water partition coefficient (Wildman–Crippen LogP) is 1.38. The lowest BCUT2D eigenvalue weighted by atomic mass is 10.3. The third kappa shape index (κ3) is 2.52. The molecule has 6 nitrogen and oxygen atoms in total. The lowest BCUT2D eigenvalue weighted by molar-refractivity contribution is 0.0940. The smallest absolute Gasteiger partial charge is 0.273 e. The molecule has 0 aliphatic carbocycles. The average Bonchev–Trinajstić information content (AvgIpc) is 2.96. The van der Waals surface area contributed by atoms with Crippen molar-refractivity contribution < 1.29 is 9.32 Å². The van der Waals surface area contributed by atoms with Crippen LogP contribution in [0.2, 0.25) is 0 Å². The largest absolute Gasteiger partial charge is 0.364 e. The number of aromatic nitrogens is 3. The van der Waals surface area contributed by atoms with Gasteiger partial charge in [0.15, 0.2) is 5.69 Å². The number of imidazole rings is 1. The quantitative estimate of drug-likeness (QED) is 0.867. The molecule has 0 saturated carbocycles. The molecule has 2 heterocycles. The Bertz CT molecular complexity index is 487. The van der Waals surface area contributed by atoms with Gasteiger partial charge < -0.3 is 14.4 Å². The molecule has 1 amide bonds. The van der Waals surface area contributed by atoms with E-state index in [-0.39, 0.29) is 11.6 Å². The lowest BCUT2D eigenvalue weighted by Crippen LogP contribution is -2.25. The first-order valence-electron chi connectivity index (χ1n) is 5.38. The first kappa shape index (κ1) is 11.4. The molecule has 0 bridgehead atoms.